The Bertz CT molecular complexity index is 990. The standard InChI is InChI=1S/C21H21ClN4O2.ClH/c22-13-3-1-4-17(9-13)26-19(20-5-2-8-28-20)12-18(25-26)21(27)24-16-10-14-6-7-15(11-16)23-14;/h1-5,8-9,12,14-16,23H,6-7,10-11H2,(H,24,27);1H. The molecule has 2 bridgehead atoms. The molecule has 8 heteroatoms. The quantitative estimate of drug-likeness (QED) is 0.647. The van der Waals surface area contributed by atoms with Gasteiger partial charge in [0.25, 0.3) is 5.91 Å². The number of halogens is 2. The second kappa shape index (κ2) is 8.22. The molecular weight excluding hydrogens is 411 g/mol. The maximum atomic E-state index is 12.9. The molecule has 6 nitrogen and oxygen atoms in total. The highest BCUT2D eigenvalue weighted by molar-refractivity contribution is 6.30. The van der Waals surface area contributed by atoms with Crippen LogP contribution in [0.2, 0.25) is 5.02 Å². The number of nitrogens with one attached hydrogen (secondary N) is 2. The molecule has 2 fully saturated rings. The molecule has 1 amide bonds. The van der Waals surface area contributed by atoms with Crippen LogP contribution in [-0.2, 0) is 0 Å². The second-order valence-corrected chi connectivity index (χ2v) is 8.00. The Morgan fingerprint density at radius 1 is 1.17 bits per heavy atom. The van der Waals surface area contributed by atoms with Crippen molar-refractivity contribution in [1.82, 2.24) is 20.4 Å². The highest BCUT2D eigenvalue weighted by Crippen LogP contribution is 2.28. The van der Waals surface area contributed by atoms with Gasteiger partial charge in [0.1, 0.15) is 5.69 Å². The van der Waals surface area contributed by atoms with Crippen LogP contribution in [0.5, 0.6) is 0 Å². The van der Waals surface area contributed by atoms with E-state index in [0.717, 1.165) is 18.5 Å². The van der Waals surface area contributed by atoms with Gasteiger partial charge >= 0.3 is 0 Å². The first-order chi connectivity index (χ1) is 13.7. The number of carbonyl (C=O) groups is 1. The number of benzene rings is 1. The average Bonchev–Trinajstić information content (AvgIpc) is 3.41. The zero-order chi connectivity index (χ0) is 19.1. The van der Waals surface area contributed by atoms with Crippen LogP contribution in [0.4, 0.5) is 0 Å². The SMILES string of the molecule is Cl.O=C(NC1CC2CCC(C1)N2)c1cc(-c2ccco2)n(-c2cccc(Cl)c2)n1. The van der Waals surface area contributed by atoms with Crippen LogP contribution >= 0.6 is 24.0 Å². The number of hydrogen-bond acceptors (Lipinski definition) is 4. The molecule has 2 saturated heterocycles. The molecule has 0 saturated carbocycles. The van der Waals surface area contributed by atoms with Crippen LogP contribution in [0, 0.1) is 0 Å². The minimum atomic E-state index is -0.153. The summed E-state index contributed by atoms with van der Waals surface area (Å²) < 4.78 is 7.26. The fourth-order valence-electron chi connectivity index (χ4n) is 4.33. The zero-order valence-electron chi connectivity index (χ0n) is 15.7. The minimum absolute atomic E-state index is 0. The molecule has 2 atom stereocenters. The van der Waals surface area contributed by atoms with Gasteiger partial charge in [-0.1, -0.05) is 17.7 Å². The molecule has 2 unspecified atom stereocenters. The summed E-state index contributed by atoms with van der Waals surface area (Å²) in [5, 5.41) is 11.9. The van der Waals surface area contributed by atoms with Gasteiger partial charge in [0.05, 0.1) is 12.0 Å². The lowest BCUT2D eigenvalue weighted by Crippen LogP contribution is -2.48. The van der Waals surface area contributed by atoms with E-state index in [1.54, 1.807) is 23.1 Å². The Balaban J connectivity index is 0.00000205. The first kappa shape index (κ1) is 20.0. The number of hydrogen-bond donors (Lipinski definition) is 2. The summed E-state index contributed by atoms with van der Waals surface area (Å²) in [5.74, 6) is 0.492. The van der Waals surface area contributed by atoms with E-state index < -0.39 is 0 Å². The van der Waals surface area contributed by atoms with Crippen LogP contribution in [-0.4, -0.2) is 33.8 Å². The largest absolute Gasteiger partial charge is 0.463 e. The number of nitrogens with zero attached hydrogens (tertiary/aromatic N) is 2. The molecular formula is C21H22Cl2N4O2. The molecule has 2 aliphatic heterocycles. The second-order valence-electron chi connectivity index (χ2n) is 7.56. The molecule has 152 valence electrons. The van der Waals surface area contributed by atoms with Crippen molar-refractivity contribution < 1.29 is 9.21 Å². The lowest BCUT2D eigenvalue weighted by molar-refractivity contribution is 0.0918. The van der Waals surface area contributed by atoms with Gasteiger partial charge in [-0.25, -0.2) is 4.68 Å². The van der Waals surface area contributed by atoms with Crippen molar-refractivity contribution in [2.75, 3.05) is 0 Å². The first-order valence-corrected chi connectivity index (χ1v) is 10.0. The maximum Gasteiger partial charge on any atom is 0.272 e. The van der Waals surface area contributed by atoms with E-state index in [1.165, 1.54) is 12.8 Å². The number of carbonyl (C=O) groups excluding carboxylic acids is 1. The third-order valence-electron chi connectivity index (χ3n) is 5.58. The highest BCUT2D eigenvalue weighted by atomic mass is 35.5. The van der Waals surface area contributed by atoms with Crippen molar-refractivity contribution in [2.45, 2.75) is 43.8 Å². The van der Waals surface area contributed by atoms with Gasteiger partial charge in [0.15, 0.2) is 11.5 Å². The Labute approximate surface area is 180 Å². The number of piperidine rings is 1. The summed E-state index contributed by atoms with van der Waals surface area (Å²) in [6, 6.07) is 14.0. The summed E-state index contributed by atoms with van der Waals surface area (Å²) in [5.41, 5.74) is 1.86. The zero-order valence-corrected chi connectivity index (χ0v) is 17.2. The Hall–Kier alpha value is -2.28. The summed E-state index contributed by atoms with van der Waals surface area (Å²) >= 11 is 6.15. The van der Waals surface area contributed by atoms with Gasteiger partial charge in [-0.15, -0.1) is 12.4 Å². The van der Waals surface area contributed by atoms with Crippen LogP contribution in [0.15, 0.2) is 53.1 Å². The third kappa shape index (κ3) is 4.06. The van der Waals surface area contributed by atoms with E-state index in [-0.39, 0.29) is 24.4 Å². The fraction of sp³-hybridized carbons (Fsp3) is 0.333. The van der Waals surface area contributed by atoms with Gasteiger partial charge in [0.2, 0.25) is 0 Å². The van der Waals surface area contributed by atoms with Crippen molar-refractivity contribution in [3.63, 3.8) is 0 Å². The van der Waals surface area contributed by atoms with Gasteiger partial charge in [0, 0.05) is 29.2 Å². The van der Waals surface area contributed by atoms with Gasteiger partial charge in [-0.2, -0.15) is 5.10 Å². The van der Waals surface area contributed by atoms with Gasteiger partial charge in [-0.3, -0.25) is 4.79 Å². The molecule has 0 aliphatic carbocycles. The van der Waals surface area contributed by atoms with E-state index in [1.807, 2.05) is 30.3 Å². The molecule has 0 radical (unpaired) electrons. The topological polar surface area (TPSA) is 72.1 Å². The molecule has 5 rings (SSSR count). The third-order valence-corrected chi connectivity index (χ3v) is 5.81. The van der Waals surface area contributed by atoms with Crippen molar-refractivity contribution in [3.05, 3.63) is 59.4 Å². The number of rotatable bonds is 4. The predicted octanol–water partition coefficient (Wildman–Crippen LogP) is 4.22. The van der Waals surface area contributed by atoms with Crippen LogP contribution in [0.3, 0.4) is 0 Å². The van der Waals surface area contributed by atoms with Crippen LogP contribution in [0.1, 0.15) is 36.2 Å². The molecule has 2 aliphatic rings. The van der Waals surface area contributed by atoms with E-state index in [2.05, 4.69) is 15.7 Å². The van der Waals surface area contributed by atoms with E-state index in [0.29, 0.717) is 34.3 Å². The smallest absolute Gasteiger partial charge is 0.272 e. The minimum Gasteiger partial charge on any atom is -0.463 e. The van der Waals surface area contributed by atoms with Gasteiger partial charge in [-0.05, 0) is 56.0 Å². The van der Waals surface area contributed by atoms with Gasteiger partial charge < -0.3 is 15.1 Å². The Morgan fingerprint density at radius 2 is 1.97 bits per heavy atom. The van der Waals surface area contributed by atoms with Crippen molar-refractivity contribution in [2.24, 2.45) is 0 Å². The van der Waals surface area contributed by atoms with E-state index in [9.17, 15) is 4.79 Å². The lowest BCUT2D eigenvalue weighted by atomic mass is 10.00. The molecule has 2 aromatic heterocycles. The summed E-state index contributed by atoms with van der Waals surface area (Å²) in [6.45, 7) is 0. The number of aromatic nitrogens is 2. The first-order valence-electron chi connectivity index (χ1n) is 9.62. The summed E-state index contributed by atoms with van der Waals surface area (Å²) in [7, 11) is 0. The van der Waals surface area contributed by atoms with E-state index >= 15 is 0 Å². The Morgan fingerprint density at radius 3 is 2.66 bits per heavy atom. The summed E-state index contributed by atoms with van der Waals surface area (Å²) in [4.78, 5) is 12.9. The monoisotopic (exact) mass is 432 g/mol. The normalized spacial score (nSPS) is 22.9. The van der Waals surface area contributed by atoms with Crippen molar-refractivity contribution >= 4 is 29.9 Å². The molecule has 2 N–H and O–H groups in total. The Kier molecular flexibility index (Phi) is 5.67. The average molecular weight is 433 g/mol. The molecule has 1 aromatic carbocycles. The van der Waals surface area contributed by atoms with E-state index in [4.69, 9.17) is 16.0 Å². The van der Waals surface area contributed by atoms with Crippen molar-refractivity contribution in [3.8, 4) is 17.1 Å². The predicted molar refractivity (Wildman–Crippen MR) is 114 cm³/mol. The van der Waals surface area contributed by atoms with Crippen LogP contribution in [0.25, 0.3) is 17.1 Å². The number of furan rings is 1. The lowest BCUT2D eigenvalue weighted by Gasteiger charge is -2.29. The molecule has 29 heavy (non-hydrogen) atoms. The number of fused-ring (bicyclic) bond motifs is 2. The van der Waals surface area contributed by atoms with Crippen LogP contribution < -0.4 is 10.6 Å². The van der Waals surface area contributed by atoms with Crippen molar-refractivity contribution in [1.29, 1.82) is 0 Å². The molecule has 0 spiro atoms. The maximum absolute atomic E-state index is 12.9. The highest BCUT2D eigenvalue weighted by Gasteiger charge is 2.34. The molecule has 4 heterocycles. The molecule has 3 aromatic rings. The fourth-order valence-corrected chi connectivity index (χ4v) is 4.52. The summed E-state index contributed by atoms with van der Waals surface area (Å²) in [6.07, 6.45) is 5.95. The number of amides is 1.